The molecule has 0 bridgehead atoms. The molecule has 3 N–H and O–H groups in total. The smallest absolute Gasteiger partial charge is 0.0859 e. The predicted molar refractivity (Wildman–Crippen MR) is 71.1 cm³/mol. The van der Waals surface area contributed by atoms with Gasteiger partial charge in [-0.25, -0.2) is 0 Å². The van der Waals surface area contributed by atoms with Crippen molar-refractivity contribution < 1.29 is 0 Å². The van der Waals surface area contributed by atoms with E-state index in [1.54, 1.807) is 5.01 Å². The molecule has 0 aliphatic heterocycles. The van der Waals surface area contributed by atoms with E-state index < -0.39 is 0 Å². The fourth-order valence-corrected chi connectivity index (χ4v) is 2.62. The van der Waals surface area contributed by atoms with Crippen LogP contribution in [0.4, 0.5) is 5.69 Å². The van der Waals surface area contributed by atoms with Crippen molar-refractivity contribution in [2.24, 2.45) is 5.84 Å². The molecule has 0 atom stereocenters. The van der Waals surface area contributed by atoms with Gasteiger partial charge in [0.25, 0.3) is 0 Å². The third kappa shape index (κ3) is 2.24. The molecular weight excluding hydrogens is 218 g/mol. The van der Waals surface area contributed by atoms with Crippen LogP contribution in [0, 0.1) is 0 Å². The van der Waals surface area contributed by atoms with Crippen molar-refractivity contribution in [2.45, 2.75) is 31.6 Å². The first-order valence-corrected chi connectivity index (χ1v) is 6.13. The fraction of sp³-hybridized carbons (Fsp3) is 0.417. The van der Waals surface area contributed by atoms with E-state index in [1.807, 2.05) is 6.07 Å². The van der Waals surface area contributed by atoms with E-state index >= 15 is 0 Å². The second-order valence-corrected chi connectivity index (χ2v) is 4.36. The van der Waals surface area contributed by atoms with Crippen LogP contribution in [-0.2, 0) is 0 Å². The average Bonchev–Trinajstić information content (AvgIpc) is 2.85. The molecule has 1 aliphatic carbocycles. The summed E-state index contributed by atoms with van der Waals surface area (Å²) >= 11 is 4.95. The van der Waals surface area contributed by atoms with E-state index in [-0.39, 0.29) is 0 Å². The number of nitrogens with one attached hydrogen (secondary N) is 1. The van der Waals surface area contributed by atoms with Crippen LogP contribution in [0.15, 0.2) is 24.3 Å². The standard InChI is InChI=1S/C12H17N3S/c13-14-15(9-16)12-8-4-3-7-11(12)10-5-1-2-6-10/h3-4,7-10,14H,1-2,5-6,13H2. The SMILES string of the molecule is NNN(C=S)c1ccccc1C1CCCC1. The Balaban J connectivity index is 2.32. The molecule has 1 aromatic rings. The highest BCUT2D eigenvalue weighted by Crippen LogP contribution is 2.38. The van der Waals surface area contributed by atoms with Gasteiger partial charge in [-0.05, 0) is 30.4 Å². The zero-order chi connectivity index (χ0) is 11.4. The van der Waals surface area contributed by atoms with Gasteiger partial charge in [-0.3, -0.25) is 10.9 Å². The van der Waals surface area contributed by atoms with Crippen molar-refractivity contribution >= 4 is 23.4 Å². The maximum atomic E-state index is 5.46. The average molecular weight is 235 g/mol. The zero-order valence-electron chi connectivity index (χ0n) is 9.23. The zero-order valence-corrected chi connectivity index (χ0v) is 10.0. The number of para-hydroxylation sites is 1. The molecule has 0 unspecified atom stereocenters. The largest absolute Gasteiger partial charge is 0.260 e. The molecule has 1 aliphatic rings. The van der Waals surface area contributed by atoms with E-state index in [4.69, 9.17) is 18.1 Å². The summed E-state index contributed by atoms with van der Waals surface area (Å²) in [4.78, 5) is 0. The summed E-state index contributed by atoms with van der Waals surface area (Å²) < 4.78 is 0. The van der Waals surface area contributed by atoms with Crippen LogP contribution < -0.4 is 16.4 Å². The number of hydrazine groups is 2. The number of thiocarbonyl (C=S) groups is 1. The van der Waals surface area contributed by atoms with E-state index in [0.717, 1.165) is 5.69 Å². The molecule has 16 heavy (non-hydrogen) atoms. The fourth-order valence-electron chi connectivity index (χ4n) is 2.45. The molecule has 1 aromatic carbocycles. The second kappa shape index (κ2) is 5.39. The van der Waals surface area contributed by atoms with Gasteiger partial charge in [-0.1, -0.05) is 43.3 Å². The minimum atomic E-state index is 0.655. The van der Waals surface area contributed by atoms with Gasteiger partial charge in [0.1, 0.15) is 0 Å². The minimum Gasteiger partial charge on any atom is -0.260 e. The number of anilines is 1. The molecule has 86 valence electrons. The molecule has 0 radical (unpaired) electrons. The van der Waals surface area contributed by atoms with Crippen LogP contribution in [0.25, 0.3) is 0 Å². The number of benzene rings is 1. The number of nitrogens with two attached hydrogens (primary N) is 1. The third-order valence-corrected chi connectivity index (χ3v) is 3.45. The van der Waals surface area contributed by atoms with Crippen molar-refractivity contribution in [3.05, 3.63) is 29.8 Å². The lowest BCUT2D eigenvalue weighted by Gasteiger charge is -2.23. The molecule has 0 saturated heterocycles. The Morgan fingerprint density at radius 1 is 1.31 bits per heavy atom. The first-order valence-electron chi connectivity index (χ1n) is 5.66. The molecule has 4 heteroatoms. The number of hydrogen-bond acceptors (Lipinski definition) is 3. The van der Waals surface area contributed by atoms with E-state index in [1.165, 1.54) is 36.7 Å². The van der Waals surface area contributed by atoms with Gasteiger partial charge in [0, 0.05) is 0 Å². The monoisotopic (exact) mass is 235 g/mol. The van der Waals surface area contributed by atoms with Crippen LogP contribution >= 0.6 is 12.2 Å². The summed E-state index contributed by atoms with van der Waals surface area (Å²) in [6, 6.07) is 8.32. The number of rotatable bonds is 4. The lowest BCUT2D eigenvalue weighted by Crippen LogP contribution is -2.42. The Morgan fingerprint density at radius 2 is 2.00 bits per heavy atom. The summed E-state index contributed by atoms with van der Waals surface area (Å²) in [5.41, 5.74) is 6.56. The molecular formula is C12H17N3S. The summed E-state index contributed by atoms with van der Waals surface area (Å²) in [6.45, 7) is 0. The highest BCUT2D eigenvalue weighted by Gasteiger charge is 2.21. The quantitative estimate of drug-likeness (QED) is 0.478. The van der Waals surface area contributed by atoms with Crippen molar-refractivity contribution in [3.63, 3.8) is 0 Å². The Morgan fingerprint density at radius 3 is 2.62 bits per heavy atom. The number of hydrogen-bond donors (Lipinski definition) is 2. The summed E-state index contributed by atoms with van der Waals surface area (Å²) in [5.74, 6) is 6.12. The normalized spacial score (nSPS) is 16.3. The summed E-state index contributed by atoms with van der Waals surface area (Å²) in [6.07, 6.45) is 5.19. The molecule has 0 heterocycles. The summed E-state index contributed by atoms with van der Waals surface area (Å²) in [7, 11) is 0. The lowest BCUT2D eigenvalue weighted by molar-refractivity contribution is 0.709. The van der Waals surface area contributed by atoms with Crippen LogP contribution in [0.3, 0.4) is 0 Å². The van der Waals surface area contributed by atoms with Gasteiger partial charge in [0.2, 0.25) is 0 Å². The van der Waals surface area contributed by atoms with Crippen molar-refractivity contribution in [2.75, 3.05) is 5.01 Å². The van der Waals surface area contributed by atoms with Crippen LogP contribution in [-0.4, -0.2) is 5.49 Å². The summed E-state index contributed by atoms with van der Waals surface area (Å²) in [5, 5.41) is 1.70. The molecule has 2 rings (SSSR count). The predicted octanol–water partition coefficient (Wildman–Crippen LogP) is 2.49. The minimum absolute atomic E-state index is 0.655. The van der Waals surface area contributed by atoms with Crippen molar-refractivity contribution in [3.8, 4) is 0 Å². The Kier molecular flexibility index (Phi) is 3.88. The van der Waals surface area contributed by atoms with Crippen molar-refractivity contribution in [1.29, 1.82) is 0 Å². The molecule has 0 aromatic heterocycles. The Hall–Kier alpha value is -0.970. The molecule has 0 spiro atoms. The molecule has 1 saturated carbocycles. The van der Waals surface area contributed by atoms with Gasteiger partial charge >= 0.3 is 0 Å². The molecule has 3 nitrogen and oxygen atoms in total. The van der Waals surface area contributed by atoms with Crippen LogP contribution in [0.5, 0.6) is 0 Å². The first kappa shape index (κ1) is 11.5. The van der Waals surface area contributed by atoms with Crippen LogP contribution in [0.1, 0.15) is 37.2 Å². The van der Waals surface area contributed by atoms with E-state index in [2.05, 4.69) is 23.7 Å². The topological polar surface area (TPSA) is 41.3 Å². The Bertz CT molecular complexity index is 361. The van der Waals surface area contributed by atoms with Gasteiger partial charge in [-0.2, -0.15) is 5.53 Å². The third-order valence-electron chi connectivity index (χ3n) is 3.24. The highest BCUT2D eigenvalue weighted by atomic mass is 32.1. The maximum absolute atomic E-state index is 5.46. The Labute approximate surface area is 102 Å². The van der Waals surface area contributed by atoms with Gasteiger partial charge in [0.05, 0.1) is 11.2 Å². The van der Waals surface area contributed by atoms with E-state index in [0.29, 0.717) is 5.92 Å². The lowest BCUT2D eigenvalue weighted by atomic mass is 9.96. The van der Waals surface area contributed by atoms with Crippen LogP contribution in [0.2, 0.25) is 0 Å². The van der Waals surface area contributed by atoms with E-state index in [9.17, 15) is 0 Å². The molecule has 0 amide bonds. The van der Waals surface area contributed by atoms with Gasteiger partial charge in [-0.15, -0.1) is 0 Å². The van der Waals surface area contributed by atoms with Crippen molar-refractivity contribution in [1.82, 2.24) is 5.53 Å². The first-order chi connectivity index (χ1) is 7.86. The second-order valence-electron chi connectivity index (χ2n) is 4.14. The maximum Gasteiger partial charge on any atom is 0.0859 e. The highest BCUT2D eigenvalue weighted by molar-refractivity contribution is 7.79. The number of nitrogens with zero attached hydrogens (tertiary/aromatic N) is 1. The van der Waals surface area contributed by atoms with Gasteiger partial charge < -0.3 is 0 Å². The van der Waals surface area contributed by atoms with Gasteiger partial charge in [0.15, 0.2) is 0 Å². The molecule has 1 fully saturated rings.